The third kappa shape index (κ3) is 1.50. The quantitative estimate of drug-likeness (QED) is 0.578. The number of nitrogens with zero attached hydrogens (tertiary/aromatic N) is 1. The number of piperazine rings is 1. The van der Waals surface area contributed by atoms with Gasteiger partial charge in [0, 0.05) is 18.6 Å². The number of carbonyl (C=O) groups excluding carboxylic acids is 1. The van der Waals surface area contributed by atoms with Gasteiger partial charge in [-0.15, -0.1) is 0 Å². The van der Waals surface area contributed by atoms with E-state index < -0.39 is 0 Å². The van der Waals surface area contributed by atoms with E-state index >= 15 is 0 Å². The normalized spacial score (nSPS) is 25.7. The van der Waals surface area contributed by atoms with Gasteiger partial charge in [-0.3, -0.25) is 0 Å². The largest absolute Gasteiger partial charge is 0.351 e. The molecule has 0 aromatic rings. The minimum atomic E-state index is -0.334. The molecule has 1 fully saturated rings. The lowest BCUT2D eigenvalue weighted by Crippen LogP contribution is -2.71. The van der Waals surface area contributed by atoms with E-state index in [9.17, 15) is 4.79 Å². The maximum absolute atomic E-state index is 11.2. The Morgan fingerprint density at radius 2 is 1.92 bits per heavy atom. The van der Waals surface area contributed by atoms with Crippen molar-refractivity contribution in [2.45, 2.75) is 38.8 Å². The number of rotatable bonds is 0. The van der Waals surface area contributed by atoms with E-state index in [-0.39, 0.29) is 17.1 Å². The van der Waals surface area contributed by atoms with E-state index in [1.54, 1.807) is 4.90 Å². The van der Waals surface area contributed by atoms with E-state index in [2.05, 4.69) is 19.2 Å². The summed E-state index contributed by atoms with van der Waals surface area (Å²) < 4.78 is 0. The summed E-state index contributed by atoms with van der Waals surface area (Å²) in [6.07, 6.45) is 0. The molecule has 2 amide bonds. The van der Waals surface area contributed by atoms with Crippen molar-refractivity contribution in [3.63, 3.8) is 0 Å². The van der Waals surface area contributed by atoms with Crippen LogP contribution in [0, 0.1) is 0 Å². The molecule has 0 aromatic heterocycles. The fourth-order valence-electron chi connectivity index (χ4n) is 1.70. The van der Waals surface area contributed by atoms with E-state index in [4.69, 9.17) is 5.73 Å². The molecule has 1 heterocycles. The highest BCUT2D eigenvalue weighted by Crippen LogP contribution is 2.30. The molecule has 0 unspecified atom stereocenters. The third-order valence-electron chi connectivity index (χ3n) is 3.37. The molecule has 0 saturated carbocycles. The maximum atomic E-state index is 11.2. The third-order valence-corrected chi connectivity index (χ3v) is 3.37. The molecule has 0 aromatic carbocycles. The van der Waals surface area contributed by atoms with Crippen LogP contribution in [0.25, 0.3) is 0 Å². The summed E-state index contributed by atoms with van der Waals surface area (Å²) in [4.78, 5) is 12.9. The van der Waals surface area contributed by atoms with Crippen LogP contribution in [0.1, 0.15) is 27.7 Å². The predicted octanol–water partition coefficient (Wildman–Crippen LogP) is 0.527. The van der Waals surface area contributed by atoms with Gasteiger partial charge in [0.25, 0.3) is 0 Å². The molecule has 0 radical (unpaired) electrons. The summed E-state index contributed by atoms with van der Waals surface area (Å²) in [6, 6.07) is -0.334. The standard InChI is InChI=1S/C9H19N3O/c1-8(2)9(3,4)12(7(10)13)6-5-11-8/h11H,5-6H2,1-4H3,(H2,10,13). The van der Waals surface area contributed by atoms with Gasteiger partial charge in [-0.1, -0.05) is 0 Å². The Balaban J connectivity index is 2.94. The number of primary amides is 1. The van der Waals surface area contributed by atoms with Crippen molar-refractivity contribution in [3.05, 3.63) is 0 Å². The molecule has 3 N–H and O–H groups in total. The molecule has 76 valence electrons. The van der Waals surface area contributed by atoms with Gasteiger partial charge in [0.05, 0.1) is 5.54 Å². The van der Waals surface area contributed by atoms with E-state index in [0.717, 1.165) is 6.54 Å². The second kappa shape index (κ2) is 2.87. The second-order valence-corrected chi connectivity index (χ2v) is 4.60. The summed E-state index contributed by atoms with van der Waals surface area (Å²) in [5.41, 5.74) is 4.99. The minimum absolute atomic E-state index is 0.0969. The van der Waals surface area contributed by atoms with Crippen molar-refractivity contribution in [1.82, 2.24) is 10.2 Å². The Labute approximate surface area is 79.5 Å². The van der Waals surface area contributed by atoms with Crippen molar-refractivity contribution in [2.24, 2.45) is 5.73 Å². The highest BCUT2D eigenvalue weighted by atomic mass is 16.2. The molecule has 1 aliphatic rings. The highest BCUT2D eigenvalue weighted by molar-refractivity contribution is 5.73. The average molecular weight is 185 g/mol. The Kier molecular flexibility index (Phi) is 2.28. The zero-order valence-electron chi connectivity index (χ0n) is 8.85. The second-order valence-electron chi connectivity index (χ2n) is 4.60. The van der Waals surface area contributed by atoms with Crippen molar-refractivity contribution < 1.29 is 4.79 Å². The topological polar surface area (TPSA) is 58.4 Å². The SMILES string of the molecule is CC1(C)NCCN(C(N)=O)C1(C)C. The highest BCUT2D eigenvalue weighted by Gasteiger charge is 2.45. The lowest BCUT2D eigenvalue weighted by molar-refractivity contribution is 0.0390. The first-order chi connectivity index (χ1) is 5.79. The summed E-state index contributed by atoms with van der Waals surface area (Å²) in [6.45, 7) is 9.73. The smallest absolute Gasteiger partial charge is 0.315 e. The number of amides is 2. The molecule has 0 aliphatic carbocycles. The molecule has 13 heavy (non-hydrogen) atoms. The molecule has 4 heteroatoms. The minimum Gasteiger partial charge on any atom is -0.351 e. The lowest BCUT2D eigenvalue weighted by atomic mass is 9.79. The number of nitrogens with two attached hydrogens (primary N) is 1. The van der Waals surface area contributed by atoms with Crippen LogP contribution in [0.4, 0.5) is 4.79 Å². The van der Waals surface area contributed by atoms with Crippen molar-refractivity contribution in [1.29, 1.82) is 0 Å². The van der Waals surface area contributed by atoms with Gasteiger partial charge in [0.1, 0.15) is 0 Å². The fourth-order valence-corrected chi connectivity index (χ4v) is 1.70. The van der Waals surface area contributed by atoms with Gasteiger partial charge in [-0.2, -0.15) is 0 Å². The molecule has 0 bridgehead atoms. The Hall–Kier alpha value is -0.770. The van der Waals surface area contributed by atoms with Crippen molar-refractivity contribution >= 4 is 6.03 Å². The lowest BCUT2D eigenvalue weighted by Gasteiger charge is -2.53. The number of hydrogen-bond acceptors (Lipinski definition) is 2. The van der Waals surface area contributed by atoms with Crippen LogP contribution in [0.5, 0.6) is 0 Å². The van der Waals surface area contributed by atoms with Gasteiger partial charge >= 0.3 is 6.03 Å². The summed E-state index contributed by atoms with van der Waals surface area (Å²) in [5, 5.41) is 3.38. The van der Waals surface area contributed by atoms with Gasteiger partial charge in [-0.25, -0.2) is 4.79 Å². The van der Waals surface area contributed by atoms with Crippen LogP contribution >= 0.6 is 0 Å². The summed E-state index contributed by atoms with van der Waals surface area (Å²) >= 11 is 0. The number of hydrogen-bond donors (Lipinski definition) is 2. The monoisotopic (exact) mass is 185 g/mol. The maximum Gasteiger partial charge on any atom is 0.315 e. The number of urea groups is 1. The number of nitrogens with one attached hydrogen (secondary N) is 1. The van der Waals surface area contributed by atoms with E-state index in [0.29, 0.717) is 6.54 Å². The van der Waals surface area contributed by atoms with Crippen LogP contribution in [-0.2, 0) is 0 Å². The Morgan fingerprint density at radius 1 is 1.38 bits per heavy atom. The van der Waals surface area contributed by atoms with Crippen molar-refractivity contribution in [3.8, 4) is 0 Å². The summed E-state index contributed by atoms with van der Waals surface area (Å²) in [5.74, 6) is 0. The molecule has 1 saturated heterocycles. The van der Waals surface area contributed by atoms with Gasteiger partial charge in [0.2, 0.25) is 0 Å². The van der Waals surface area contributed by atoms with E-state index in [1.165, 1.54) is 0 Å². The fraction of sp³-hybridized carbons (Fsp3) is 0.889. The molecule has 1 aliphatic heterocycles. The van der Waals surface area contributed by atoms with Crippen LogP contribution in [0.15, 0.2) is 0 Å². The molecule has 0 atom stereocenters. The number of carbonyl (C=O) groups is 1. The van der Waals surface area contributed by atoms with Gasteiger partial charge < -0.3 is 16.0 Å². The first-order valence-electron chi connectivity index (χ1n) is 4.61. The average Bonchev–Trinajstić information content (AvgIpc) is 1.94. The first-order valence-corrected chi connectivity index (χ1v) is 4.61. The Bertz CT molecular complexity index is 223. The van der Waals surface area contributed by atoms with Crippen LogP contribution < -0.4 is 11.1 Å². The van der Waals surface area contributed by atoms with E-state index in [1.807, 2.05) is 13.8 Å². The molecule has 1 rings (SSSR count). The Morgan fingerprint density at radius 3 is 2.31 bits per heavy atom. The van der Waals surface area contributed by atoms with Gasteiger partial charge in [-0.05, 0) is 27.7 Å². The van der Waals surface area contributed by atoms with Crippen molar-refractivity contribution in [2.75, 3.05) is 13.1 Å². The van der Waals surface area contributed by atoms with Crippen LogP contribution in [0.2, 0.25) is 0 Å². The zero-order valence-corrected chi connectivity index (χ0v) is 8.85. The molecular weight excluding hydrogens is 166 g/mol. The molecule has 4 nitrogen and oxygen atoms in total. The van der Waals surface area contributed by atoms with Gasteiger partial charge in [0.15, 0.2) is 0 Å². The predicted molar refractivity (Wildman–Crippen MR) is 52.5 cm³/mol. The summed E-state index contributed by atoms with van der Waals surface area (Å²) in [7, 11) is 0. The molecular formula is C9H19N3O. The zero-order chi connectivity index (χ0) is 10.3. The molecule has 0 spiro atoms. The van der Waals surface area contributed by atoms with Crippen LogP contribution in [-0.4, -0.2) is 35.1 Å². The van der Waals surface area contributed by atoms with Crippen LogP contribution in [0.3, 0.4) is 0 Å². The first kappa shape index (κ1) is 10.3.